The molecule has 2 aromatic rings. The summed E-state index contributed by atoms with van der Waals surface area (Å²) in [6.07, 6.45) is 0. The van der Waals surface area contributed by atoms with E-state index in [2.05, 4.69) is 11.4 Å². The van der Waals surface area contributed by atoms with E-state index in [0.29, 0.717) is 10.4 Å². The Morgan fingerprint density at radius 1 is 1.29 bits per heavy atom. The van der Waals surface area contributed by atoms with Crippen molar-refractivity contribution in [3.8, 4) is 6.07 Å². The second-order valence-electron chi connectivity index (χ2n) is 5.65. The van der Waals surface area contributed by atoms with Crippen LogP contribution in [-0.4, -0.2) is 16.9 Å². The summed E-state index contributed by atoms with van der Waals surface area (Å²) >= 11 is 1.32. The minimum atomic E-state index is -1.90. The highest BCUT2D eigenvalue weighted by atomic mass is 32.1. The van der Waals surface area contributed by atoms with Gasteiger partial charge in [-0.3, -0.25) is 9.59 Å². The molecule has 0 saturated carbocycles. The van der Waals surface area contributed by atoms with Crippen LogP contribution in [0.15, 0.2) is 47.8 Å². The minimum Gasteiger partial charge on any atom is -0.369 e. The third kappa shape index (κ3) is 2.46. The lowest BCUT2D eigenvalue weighted by Gasteiger charge is -2.44. The fraction of sp³-hybridized carbons (Fsp3) is 0.235. The van der Waals surface area contributed by atoms with Crippen molar-refractivity contribution < 1.29 is 14.7 Å². The van der Waals surface area contributed by atoms with Crippen LogP contribution in [0.2, 0.25) is 0 Å². The van der Waals surface area contributed by atoms with E-state index in [-0.39, 0.29) is 0 Å². The number of rotatable bonds is 3. The maximum atomic E-state index is 12.5. The van der Waals surface area contributed by atoms with Crippen molar-refractivity contribution in [1.29, 1.82) is 5.26 Å². The number of hydrogen-bond acceptors (Lipinski definition) is 5. The number of primary amides is 1. The topological polar surface area (TPSA) is 116 Å². The van der Waals surface area contributed by atoms with Gasteiger partial charge in [-0.1, -0.05) is 36.4 Å². The molecule has 3 rings (SSSR count). The van der Waals surface area contributed by atoms with Crippen molar-refractivity contribution in [3.05, 3.63) is 58.3 Å². The molecule has 122 valence electrons. The first-order chi connectivity index (χ1) is 11.5. The van der Waals surface area contributed by atoms with Crippen LogP contribution in [-0.2, 0) is 15.3 Å². The summed E-state index contributed by atoms with van der Waals surface area (Å²) in [7, 11) is 0. The Kier molecular flexibility index (Phi) is 4.09. The molecule has 24 heavy (non-hydrogen) atoms. The fourth-order valence-corrected chi connectivity index (χ4v) is 4.09. The highest BCUT2D eigenvalue weighted by molar-refractivity contribution is 7.10. The molecule has 0 radical (unpaired) electrons. The Labute approximate surface area is 142 Å². The third-order valence-electron chi connectivity index (χ3n) is 4.30. The number of carbonyl (C=O) groups excluding carboxylic acids is 2. The molecule has 0 unspecified atom stereocenters. The summed E-state index contributed by atoms with van der Waals surface area (Å²) in [5.41, 5.74) is 3.90. The third-order valence-corrected chi connectivity index (χ3v) is 5.27. The fourth-order valence-electron chi connectivity index (χ4n) is 3.19. The van der Waals surface area contributed by atoms with Gasteiger partial charge in [-0.05, 0) is 11.4 Å². The Morgan fingerprint density at radius 3 is 2.54 bits per heavy atom. The maximum Gasteiger partial charge on any atom is 0.235 e. The molecule has 1 aliphatic heterocycles. The van der Waals surface area contributed by atoms with Crippen molar-refractivity contribution in [2.45, 2.75) is 11.6 Å². The molecule has 1 saturated heterocycles. The molecular weight excluding hydrogens is 326 g/mol. The lowest BCUT2D eigenvalue weighted by molar-refractivity contribution is -0.153. The zero-order valence-electron chi connectivity index (χ0n) is 12.5. The quantitative estimate of drug-likeness (QED) is 0.723. The first-order valence-corrected chi connectivity index (χ1v) is 8.19. The molecule has 4 N–H and O–H groups in total. The molecule has 0 bridgehead atoms. The zero-order valence-corrected chi connectivity index (χ0v) is 13.4. The largest absolute Gasteiger partial charge is 0.369 e. The predicted octanol–water partition coefficient (Wildman–Crippen LogP) is 1.05. The van der Waals surface area contributed by atoms with Gasteiger partial charge in [0, 0.05) is 16.4 Å². The van der Waals surface area contributed by atoms with E-state index in [1.165, 1.54) is 11.3 Å². The molecule has 1 fully saturated rings. The highest BCUT2D eigenvalue weighted by Crippen LogP contribution is 2.46. The molecule has 6 nitrogen and oxygen atoms in total. The first-order valence-electron chi connectivity index (χ1n) is 7.31. The molecule has 0 aliphatic carbocycles. The normalized spacial score (nSPS) is 29.5. The van der Waals surface area contributed by atoms with Crippen LogP contribution in [0.1, 0.15) is 16.4 Å². The van der Waals surface area contributed by atoms with Crippen LogP contribution < -0.4 is 11.1 Å². The average Bonchev–Trinajstić information content (AvgIpc) is 3.08. The summed E-state index contributed by atoms with van der Waals surface area (Å²) in [5.74, 6) is -4.59. The molecule has 2 heterocycles. The van der Waals surface area contributed by atoms with Crippen LogP contribution >= 0.6 is 11.3 Å². The summed E-state index contributed by atoms with van der Waals surface area (Å²) < 4.78 is 0. The number of nitrogens with two attached hydrogens (primary N) is 1. The number of nitrogens with zero attached hydrogens (tertiary/aromatic N) is 1. The van der Waals surface area contributed by atoms with Crippen molar-refractivity contribution in [1.82, 2.24) is 5.32 Å². The van der Waals surface area contributed by atoms with Gasteiger partial charge in [0.1, 0.15) is 11.8 Å². The average molecular weight is 341 g/mol. The SMILES string of the molecule is N#C[C@@H]1[C@H](c2cccs2)[C@H](C(N)=O)C(=O)N[C@]1(O)c1ccccc1. The number of thiophene rings is 1. The second kappa shape index (κ2) is 6.07. The number of benzene rings is 1. The standard InChI is InChI=1S/C17H15N3O3S/c18-9-11-13(12-7-4-8-24-12)14(15(19)21)16(22)20-17(11,23)10-5-2-1-3-6-10/h1-8,11,13-14,23H,(H2,19,21)(H,20,22)/t11-,13-,14-,17+/m1/s1. The van der Waals surface area contributed by atoms with Gasteiger partial charge in [0.15, 0.2) is 5.72 Å². The number of carbonyl (C=O) groups is 2. The van der Waals surface area contributed by atoms with Gasteiger partial charge in [0.2, 0.25) is 11.8 Å². The number of nitrogens with one attached hydrogen (secondary N) is 1. The van der Waals surface area contributed by atoms with Gasteiger partial charge >= 0.3 is 0 Å². The molecular formula is C17H15N3O3S. The maximum absolute atomic E-state index is 12.5. The van der Waals surface area contributed by atoms with E-state index in [1.807, 2.05) is 0 Å². The van der Waals surface area contributed by atoms with E-state index in [1.54, 1.807) is 47.8 Å². The van der Waals surface area contributed by atoms with Crippen LogP contribution in [0.5, 0.6) is 0 Å². The molecule has 0 spiro atoms. The van der Waals surface area contributed by atoms with E-state index in [9.17, 15) is 20.0 Å². The van der Waals surface area contributed by atoms with Gasteiger partial charge in [-0.15, -0.1) is 11.3 Å². The first kappa shape index (κ1) is 16.2. The molecule has 1 aliphatic rings. The van der Waals surface area contributed by atoms with Crippen molar-refractivity contribution in [2.24, 2.45) is 17.6 Å². The zero-order chi connectivity index (χ0) is 17.3. The summed E-state index contributed by atoms with van der Waals surface area (Å²) in [6.45, 7) is 0. The predicted molar refractivity (Wildman–Crippen MR) is 87.3 cm³/mol. The molecule has 1 aromatic carbocycles. The van der Waals surface area contributed by atoms with Crippen LogP contribution in [0.3, 0.4) is 0 Å². The number of amides is 2. The van der Waals surface area contributed by atoms with E-state index < -0.39 is 35.3 Å². The Morgan fingerprint density at radius 2 is 2.00 bits per heavy atom. The number of hydrogen-bond donors (Lipinski definition) is 3. The van der Waals surface area contributed by atoms with Gasteiger partial charge in [-0.25, -0.2) is 0 Å². The van der Waals surface area contributed by atoms with E-state index >= 15 is 0 Å². The molecule has 1 aromatic heterocycles. The highest BCUT2D eigenvalue weighted by Gasteiger charge is 2.56. The molecule has 7 heteroatoms. The van der Waals surface area contributed by atoms with Gasteiger partial charge in [0.05, 0.1) is 6.07 Å². The second-order valence-corrected chi connectivity index (χ2v) is 6.63. The molecule has 2 amide bonds. The molecule has 4 atom stereocenters. The Hall–Kier alpha value is -2.69. The van der Waals surface area contributed by atoms with E-state index in [0.717, 1.165) is 0 Å². The van der Waals surface area contributed by atoms with Crippen LogP contribution in [0, 0.1) is 23.2 Å². The number of aliphatic hydroxyl groups is 1. The lowest BCUT2D eigenvalue weighted by atomic mass is 9.69. The van der Waals surface area contributed by atoms with Crippen LogP contribution in [0.25, 0.3) is 0 Å². The minimum absolute atomic E-state index is 0.384. The number of piperidine rings is 1. The Balaban J connectivity index is 2.17. The summed E-state index contributed by atoms with van der Waals surface area (Å²) in [4.78, 5) is 25.0. The van der Waals surface area contributed by atoms with Crippen molar-refractivity contribution in [3.63, 3.8) is 0 Å². The number of nitriles is 1. The van der Waals surface area contributed by atoms with E-state index in [4.69, 9.17) is 5.73 Å². The summed E-state index contributed by atoms with van der Waals surface area (Å²) in [6, 6.07) is 14.0. The van der Waals surface area contributed by atoms with Gasteiger partial charge in [-0.2, -0.15) is 5.26 Å². The van der Waals surface area contributed by atoms with Crippen LogP contribution in [0.4, 0.5) is 0 Å². The smallest absolute Gasteiger partial charge is 0.235 e. The Bertz CT molecular complexity index is 800. The van der Waals surface area contributed by atoms with Gasteiger partial charge < -0.3 is 16.2 Å². The van der Waals surface area contributed by atoms with Crippen molar-refractivity contribution >= 4 is 23.2 Å². The summed E-state index contributed by atoms with van der Waals surface area (Å²) in [5, 5.41) is 25.1. The van der Waals surface area contributed by atoms with Gasteiger partial charge in [0.25, 0.3) is 0 Å². The van der Waals surface area contributed by atoms with Crippen molar-refractivity contribution in [2.75, 3.05) is 0 Å². The lowest BCUT2D eigenvalue weighted by Crippen LogP contribution is -2.62. The monoisotopic (exact) mass is 341 g/mol.